The number of aliphatic hydroxyl groups is 2. The van der Waals surface area contributed by atoms with Crippen LogP contribution in [0.5, 0.6) is 0 Å². The zero-order chi connectivity index (χ0) is 11.3. The van der Waals surface area contributed by atoms with Crippen LogP contribution in [0.1, 0.15) is 0 Å². The highest BCUT2D eigenvalue weighted by Crippen LogP contribution is 2.23. The molecule has 15 heavy (non-hydrogen) atoms. The predicted octanol–water partition coefficient (Wildman–Crippen LogP) is 0.574. The average molecular weight is 252 g/mol. The Morgan fingerprint density at radius 1 is 1.20 bits per heavy atom. The highest BCUT2D eigenvalue weighted by molar-refractivity contribution is 6.33. The molecule has 0 saturated carbocycles. The summed E-state index contributed by atoms with van der Waals surface area (Å²) in [6.45, 7) is 0.539. The van der Waals surface area contributed by atoms with Crippen molar-refractivity contribution in [2.24, 2.45) is 0 Å². The number of hydrogen-bond donors (Lipinski definition) is 2. The summed E-state index contributed by atoms with van der Waals surface area (Å²) in [5.74, 6) is 0.416. The van der Waals surface area contributed by atoms with Crippen molar-refractivity contribution in [3.63, 3.8) is 0 Å². The summed E-state index contributed by atoms with van der Waals surface area (Å²) in [5.41, 5.74) is 0. The number of hydrogen-bond acceptors (Lipinski definition) is 5. The van der Waals surface area contributed by atoms with Crippen LogP contribution in [0.25, 0.3) is 0 Å². The molecule has 0 radical (unpaired) electrons. The third kappa shape index (κ3) is 3.46. The Bertz CT molecular complexity index is 319. The van der Waals surface area contributed by atoms with Gasteiger partial charge in [0.1, 0.15) is 5.02 Å². The van der Waals surface area contributed by atoms with E-state index in [1.165, 1.54) is 6.20 Å². The van der Waals surface area contributed by atoms with Crippen molar-refractivity contribution in [1.29, 1.82) is 0 Å². The van der Waals surface area contributed by atoms with Gasteiger partial charge in [-0.25, -0.2) is 4.98 Å². The van der Waals surface area contributed by atoms with Gasteiger partial charge in [-0.2, -0.15) is 4.98 Å². The summed E-state index contributed by atoms with van der Waals surface area (Å²) in [5, 5.41) is 18.1. The molecular weight excluding hydrogens is 241 g/mol. The summed E-state index contributed by atoms with van der Waals surface area (Å²) in [7, 11) is 0. The molecule has 0 bridgehead atoms. The molecule has 0 amide bonds. The second-order valence-electron chi connectivity index (χ2n) is 2.74. The van der Waals surface area contributed by atoms with E-state index in [0.29, 0.717) is 23.9 Å². The van der Waals surface area contributed by atoms with E-state index in [-0.39, 0.29) is 18.5 Å². The smallest absolute Gasteiger partial charge is 0.224 e. The molecule has 0 aromatic carbocycles. The number of aliphatic hydroxyl groups excluding tert-OH is 2. The van der Waals surface area contributed by atoms with Gasteiger partial charge in [-0.3, -0.25) is 0 Å². The first-order chi connectivity index (χ1) is 7.19. The maximum Gasteiger partial charge on any atom is 0.224 e. The minimum atomic E-state index is -0.0576. The highest BCUT2D eigenvalue weighted by atomic mass is 35.5. The third-order valence-corrected chi connectivity index (χ3v) is 2.18. The minimum Gasteiger partial charge on any atom is -0.395 e. The molecule has 0 aliphatic heterocycles. The SMILES string of the molecule is OCCN(CCO)c1nc(Cl)ncc1Cl. The van der Waals surface area contributed by atoms with Crippen LogP contribution in [0.4, 0.5) is 5.82 Å². The molecule has 0 aliphatic rings. The zero-order valence-electron chi connectivity index (χ0n) is 7.90. The minimum absolute atomic E-state index is 0.0576. The van der Waals surface area contributed by atoms with Crippen molar-refractivity contribution in [3.8, 4) is 0 Å². The van der Waals surface area contributed by atoms with Gasteiger partial charge in [-0.1, -0.05) is 11.6 Å². The molecule has 0 atom stereocenters. The van der Waals surface area contributed by atoms with Crippen LogP contribution in [0.15, 0.2) is 6.20 Å². The Morgan fingerprint density at radius 2 is 1.80 bits per heavy atom. The molecule has 0 spiro atoms. The van der Waals surface area contributed by atoms with Gasteiger partial charge < -0.3 is 15.1 Å². The molecule has 1 heterocycles. The Morgan fingerprint density at radius 3 is 2.33 bits per heavy atom. The van der Waals surface area contributed by atoms with Crippen LogP contribution in [0.2, 0.25) is 10.3 Å². The van der Waals surface area contributed by atoms with Crippen molar-refractivity contribution in [3.05, 3.63) is 16.5 Å². The molecule has 84 valence electrons. The molecule has 0 aliphatic carbocycles. The topological polar surface area (TPSA) is 69.5 Å². The molecule has 1 rings (SSSR count). The van der Waals surface area contributed by atoms with E-state index >= 15 is 0 Å². The number of rotatable bonds is 5. The standard InChI is InChI=1S/C8H11Cl2N3O2/c9-6-5-11-8(10)12-7(6)13(1-3-14)2-4-15/h5,14-15H,1-4H2. The Balaban J connectivity index is 2.93. The maximum atomic E-state index is 8.84. The van der Waals surface area contributed by atoms with E-state index in [9.17, 15) is 0 Å². The second kappa shape index (κ2) is 6.07. The van der Waals surface area contributed by atoms with Crippen molar-refractivity contribution in [2.75, 3.05) is 31.2 Å². The summed E-state index contributed by atoms with van der Waals surface area (Å²) in [6.07, 6.45) is 1.38. The summed E-state index contributed by atoms with van der Waals surface area (Å²) in [4.78, 5) is 9.28. The van der Waals surface area contributed by atoms with Gasteiger partial charge in [0.25, 0.3) is 0 Å². The maximum absolute atomic E-state index is 8.84. The van der Waals surface area contributed by atoms with Gasteiger partial charge in [0.05, 0.1) is 19.4 Å². The molecule has 0 saturated heterocycles. The molecule has 0 unspecified atom stereocenters. The lowest BCUT2D eigenvalue weighted by molar-refractivity contribution is 0.280. The second-order valence-corrected chi connectivity index (χ2v) is 3.49. The quantitative estimate of drug-likeness (QED) is 0.750. The molecule has 0 fully saturated rings. The van der Waals surface area contributed by atoms with Crippen molar-refractivity contribution in [1.82, 2.24) is 9.97 Å². The molecule has 7 heteroatoms. The largest absolute Gasteiger partial charge is 0.395 e. The van der Waals surface area contributed by atoms with E-state index in [2.05, 4.69) is 9.97 Å². The first-order valence-corrected chi connectivity index (χ1v) is 5.09. The lowest BCUT2D eigenvalue weighted by Gasteiger charge is -2.22. The Labute approximate surface area is 97.3 Å². The van der Waals surface area contributed by atoms with Gasteiger partial charge in [0.2, 0.25) is 5.28 Å². The van der Waals surface area contributed by atoms with Crippen molar-refractivity contribution >= 4 is 29.0 Å². The molecule has 1 aromatic heterocycles. The van der Waals surface area contributed by atoms with E-state index in [0.717, 1.165) is 0 Å². The number of halogens is 2. The first-order valence-electron chi connectivity index (χ1n) is 4.33. The van der Waals surface area contributed by atoms with Crippen molar-refractivity contribution < 1.29 is 10.2 Å². The predicted molar refractivity (Wildman–Crippen MR) is 58.4 cm³/mol. The lowest BCUT2D eigenvalue weighted by atomic mass is 10.4. The molecule has 5 nitrogen and oxygen atoms in total. The fourth-order valence-electron chi connectivity index (χ4n) is 1.12. The van der Waals surface area contributed by atoms with E-state index < -0.39 is 0 Å². The van der Waals surface area contributed by atoms with Crippen LogP contribution in [0.3, 0.4) is 0 Å². The third-order valence-electron chi connectivity index (χ3n) is 1.74. The Hall–Kier alpha value is -0.620. The van der Waals surface area contributed by atoms with Crippen LogP contribution in [-0.4, -0.2) is 46.5 Å². The van der Waals surface area contributed by atoms with Gasteiger partial charge in [0, 0.05) is 13.1 Å². The van der Waals surface area contributed by atoms with Gasteiger partial charge in [-0.15, -0.1) is 0 Å². The zero-order valence-corrected chi connectivity index (χ0v) is 9.41. The van der Waals surface area contributed by atoms with Crippen LogP contribution >= 0.6 is 23.2 Å². The number of aromatic nitrogens is 2. The van der Waals surface area contributed by atoms with Crippen LogP contribution in [-0.2, 0) is 0 Å². The summed E-state index contributed by atoms with van der Waals surface area (Å²) < 4.78 is 0. The van der Waals surface area contributed by atoms with Gasteiger partial charge >= 0.3 is 0 Å². The molecular formula is C8H11Cl2N3O2. The van der Waals surface area contributed by atoms with Crippen LogP contribution < -0.4 is 4.90 Å². The fraction of sp³-hybridized carbons (Fsp3) is 0.500. The summed E-state index contributed by atoms with van der Waals surface area (Å²) >= 11 is 11.5. The normalized spacial score (nSPS) is 10.4. The van der Waals surface area contributed by atoms with Gasteiger partial charge in [-0.05, 0) is 11.6 Å². The van der Waals surface area contributed by atoms with Crippen LogP contribution in [0, 0.1) is 0 Å². The first kappa shape index (κ1) is 12.4. The van der Waals surface area contributed by atoms with E-state index in [1.807, 2.05) is 0 Å². The average Bonchev–Trinajstić information content (AvgIpc) is 2.21. The van der Waals surface area contributed by atoms with E-state index in [4.69, 9.17) is 33.4 Å². The number of nitrogens with zero attached hydrogens (tertiary/aromatic N) is 3. The summed E-state index contributed by atoms with van der Waals surface area (Å²) in [6, 6.07) is 0. The number of anilines is 1. The van der Waals surface area contributed by atoms with E-state index in [1.54, 1.807) is 4.90 Å². The van der Waals surface area contributed by atoms with Gasteiger partial charge in [0.15, 0.2) is 5.82 Å². The molecule has 1 aromatic rings. The fourth-order valence-corrected chi connectivity index (χ4v) is 1.46. The molecule has 2 N–H and O–H groups in total. The highest BCUT2D eigenvalue weighted by Gasteiger charge is 2.12. The monoisotopic (exact) mass is 251 g/mol. The Kier molecular flexibility index (Phi) is 5.04. The van der Waals surface area contributed by atoms with Crippen molar-refractivity contribution in [2.45, 2.75) is 0 Å². The lowest BCUT2D eigenvalue weighted by Crippen LogP contribution is -2.30.